The van der Waals surface area contributed by atoms with Crippen LogP contribution < -0.4 is 5.73 Å². The molecule has 1 aliphatic carbocycles. The van der Waals surface area contributed by atoms with Gasteiger partial charge in [0, 0.05) is 25.0 Å². The Morgan fingerprint density at radius 2 is 2.39 bits per heavy atom. The summed E-state index contributed by atoms with van der Waals surface area (Å²) in [6, 6.07) is 2.58. The summed E-state index contributed by atoms with van der Waals surface area (Å²) in [6.07, 6.45) is 4.78. The summed E-state index contributed by atoms with van der Waals surface area (Å²) < 4.78 is 0. The van der Waals surface area contributed by atoms with Crippen LogP contribution in [0, 0.1) is 0 Å². The van der Waals surface area contributed by atoms with Gasteiger partial charge in [0.05, 0.1) is 0 Å². The van der Waals surface area contributed by atoms with E-state index in [9.17, 15) is 4.79 Å². The van der Waals surface area contributed by atoms with Crippen LogP contribution in [0.5, 0.6) is 0 Å². The van der Waals surface area contributed by atoms with Gasteiger partial charge in [-0.25, -0.2) is 0 Å². The minimum absolute atomic E-state index is 0.0197. The van der Waals surface area contributed by atoms with Gasteiger partial charge in [0.2, 0.25) is 5.91 Å². The average Bonchev–Trinajstić information content (AvgIpc) is 3.03. The molecule has 0 saturated heterocycles. The van der Waals surface area contributed by atoms with Crippen LogP contribution in [0.4, 0.5) is 0 Å². The molecule has 1 aliphatic rings. The van der Waals surface area contributed by atoms with Crippen molar-refractivity contribution < 1.29 is 4.79 Å². The maximum atomic E-state index is 12.3. The first-order chi connectivity index (χ1) is 8.70. The Balaban J connectivity index is 1.90. The second-order valence-corrected chi connectivity index (χ2v) is 5.92. The van der Waals surface area contributed by atoms with Crippen LogP contribution >= 0.6 is 11.3 Å². The van der Waals surface area contributed by atoms with E-state index in [0.717, 1.165) is 32.2 Å². The first kappa shape index (κ1) is 13.6. The summed E-state index contributed by atoms with van der Waals surface area (Å²) in [6.45, 7) is 2.86. The molecule has 1 saturated carbocycles. The minimum Gasteiger partial charge on any atom is -0.335 e. The van der Waals surface area contributed by atoms with E-state index in [1.54, 1.807) is 11.3 Å². The van der Waals surface area contributed by atoms with Crippen LogP contribution in [-0.4, -0.2) is 22.9 Å². The van der Waals surface area contributed by atoms with E-state index in [1.165, 1.54) is 5.56 Å². The predicted octanol–water partition coefficient (Wildman–Crippen LogP) is 2.76. The van der Waals surface area contributed by atoms with Crippen molar-refractivity contribution >= 4 is 17.2 Å². The summed E-state index contributed by atoms with van der Waals surface area (Å²) >= 11 is 1.68. The maximum absolute atomic E-state index is 12.3. The topological polar surface area (TPSA) is 46.3 Å². The fourth-order valence-electron chi connectivity index (χ4n) is 2.20. The lowest BCUT2D eigenvalue weighted by Crippen LogP contribution is -2.36. The monoisotopic (exact) mass is 266 g/mol. The zero-order valence-corrected chi connectivity index (χ0v) is 11.8. The molecule has 2 N–H and O–H groups in total. The largest absolute Gasteiger partial charge is 0.335 e. The molecule has 0 radical (unpaired) electrons. The Labute approximate surface area is 113 Å². The number of nitrogens with zero attached hydrogens (tertiary/aromatic N) is 1. The number of carbonyl (C=O) groups excluding carboxylic acids is 1. The smallest absolute Gasteiger partial charge is 0.224 e. The molecule has 0 spiro atoms. The van der Waals surface area contributed by atoms with Crippen molar-refractivity contribution in [3.63, 3.8) is 0 Å². The zero-order chi connectivity index (χ0) is 13.0. The van der Waals surface area contributed by atoms with Crippen molar-refractivity contribution in [3.05, 3.63) is 22.4 Å². The van der Waals surface area contributed by atoms with Gasteiger partial charge < -0.3 is 10.6 Å². The number of rotatable bonds is 7. The summed E-state index contributed by atoms with van der Waals surface area (Å²) in [7, 11) is 0. The molecular weight excluding hydrogens is 244 g/mol. The number of nitrogens with two attached hydrogens (primary N) is 1. The fraction of sp³-hybridized carbons (Fsp3) is 0.643. The van der Waals surface area contributed by atoms with Crippen molar-refractivity contribution in [3.8, 4) is 0 Å². The van der Waals surface area contributed by atoms with Crippen LogP contribution in [0.2, 0.25) is 0 Å². The Bertz CT molecular complexity index is 373. The van der Waals surface area contributed by atoms with E-state index in [4.69, 9.17) is 5.73 Å². The molecule has 3 nitrogen and oxygen atoms in total. The molecule has 0 aliphatic heterocycles. The second kappa shape index (κ2) is 6.34. The summed E-state index contributed by atoms with van der Waals surface area (Å²) in [4.78, 5) is 14.3. The highest BCUT2D eigenvalue weighted by Gasteiger charge is 2.32. The maximum Gasteiger partial charge on any atom is 0.224 e. The molecule has 0 aromatic carbocycles. The first-order valence-electron chi connectivity index (χ1n) is 6.76. The molecule has 1 aromatic rings. The van der Waals surface area contributed by atoms with Gasteiger partial charge in [-0.2, -0.15) is 11.3 Å². The Kier molecular flexibility index (Phi) is 4.78. The fourth-order valence-corrected chi connectivity index (χ4v) is 2.86. The third kappa shape index (κ3) is 3.82. The Morgan fingerprint density at radius 1 is 1.61 bits per heavy atom. The highest BCUT2D eigenvalue weighted by atomic mass is 32.1. The first-order valence-corrected chi connectivity index (χ1v) is 7.71. The van der Waals surface area contributed by atoms with E-state index < -0.39 is 0 Å². The van der Waals surface area contributed by atoms with Crippen LogP contribution in [-0.2, 0) is 11.3 Å². The van der Waals surface area contributed by atoms with Gasteiger partial charge in [-0.1, -0.05) is 13.3 Å². The van der Waals surface area contributed by atoms with Gasteiger partial charge in [0.25, 0.3) is 0 Å². The lowest BCUT2D eigenvalue weighted by molar-refractivity contribution is -0.132. The number of carbonyl (C=O) groups is 1. The van der Waals surface area contributed by atoms with Gasteiger partial charge in [-0.15, -0.1) is 0 Å². The lowest BCUT2D eigenvalue weighted by Gasteiger charge is -2.23. The standard InChI is InChI=1S/C14H22N2OS/c1-2-3-12(15)8-14(17)16(13-4-5-13)9-11-6-7-18-10-11/h6-7,10,12-13H,2-5,8-9,15H2,1H3. The second-order valence-electron chi connectivity index (χ2n) is 5.14. The normalized spacial score (nSPS) is 16.6. The van der Waals surface area contributed by atoms with E-state index in [-0.39, 0.29) is 11.9 Å². The van der Waals surface area contributed by atoms with Crippen molar-refractivity contribution in [1.29, 1.82) is 0 Å². The molecule has 1 unspecified atom stereocenters. The molecule has 1 fully saturated rings. The van der Waals surface area contributed by atoms with Crippen LogP contribution in [0.1, 0.15) is 44.6 Å². The molecule has 4 heteroatoms. The number of thiophene rings is 1. The molecule has 0 bridgehead atoms. The van der Waals surface area contributed by atoms with Gasteiger partial charge in [-0.3, -0.25) is 4.79 Å². The summed E-state index contributed by atoms with van der Waals surface area (Å²) in [5.74, 6) is 0.227. The summed E-state index contributed by atoms with van der Waals surface area (Å²) in [5, 5.41) is 4.18. The molecule has 18 heavy (non-hydrogen) atoms. The van der Waals surface area contributed by atoms with Gasteiger partial charge in [-0.05, 0) is 41.7 Å². The van der Waals surface area contributed by atoms with Crippen LogP contribution in [0.25, 0.3) is 0 Å². The highest BCUT2D eigenvalue weighted by Crippen LogP contribution is 2.29. The Morgan fingerprint density at radius 3 is 2.94 bits per heavy atom. The highest BCUT2D eigenvalue weighted by molar-refractivity contribution is 7.07. The van der Waals surface area contributed by atoms with E-state index in [0.29, 0.717) is 12.5 Å². The third-order valence-electron chi connectivity index (χ3n) is 3.34. The minimum atomic E-state index is 0.0197. The predicted molar refractivity (Wildman–Crippen MR) is 75.4 cm³/mol. The summed E-state index contributed by atoms with van der Waals surface area (Å²) in [5.41, 5.74) is 7.21. The van der Waals surface area contributed by atoms with Gasteiger partial charge in [0.1, 0.15) is 0 Å². The van der Waals surface area contributed by atoms with E-state index >= 15 is 0 Å². The number of hydrogen-bond donors (Lipinski definition) is 1. The van der Waals surface area contributed by atoms with Gasteiger partial charge in [0.15, 0.2) is 0 Å². The molecular formula is C14H22N2OS. The van der Waals surface area contributed by atoms with E-state index in [1.807, 2.05) is 4.90 Å². The van der Waals surface area contributed by atoms with Crippen LogP contribution in [0.3, 0.4) is 0 Å². The molecule has 1 amide bonds. The van der Waals surface area contributed by atoms with Crippen molar-refractivity contribution in [2.75, 3.05) is 0 Å². The molecule has 1 aromatic heterocycles. The molecule has 2 rings (SSSR count). The molecule has 100 valence electrons. The molecule has 1 heterocycles. The quantitative estimate of drug-likeness (QED) is 0.825. The SMILES string of the molecule is CCCC(N)CC(=O)N(Cc1ccsc1)C1CC1. The number of hydrogen-bond acceptors (Lipinski definition) is 3. The Hall–Kier alpha value is -0.870. The average molecular weight is 266 g/mol. The van der Waals surface area contributed by atoms with Crippen LogP contribution in [0.15, 0.2) is 16.8 Å². The van der Waals surface area contributed by atoms with Crippen molar-refractivity contribution in [2.24, 2.45) is 5.73 Å². The van der Waals surface area contributed by atoms with Crippen molar-refractivity contribution in [2.45, 2.75) is 57.7 Å². The number of amides is 1. The molecule has 1 atom stereocenters. The van der Waals surface area contributed by atoms with E-state index in [2.05, 4.69) is 23.8 Å². The lowest BCUT2D eigenvalue weighted by atomic mass is 10.1. The van der Waals surface area contributed by atoms with Crippen molar-refractivity contribution in [1.82, 2.24) is 4.90 Å². The zero-order valence-electron chi connectivity index (χ0n) is 11.0. The third-order valence-corrected chi connectivity index (χ3v) is 4.07. The van der Waals surface area contributed by atoms with Gasteiger partial charge >= 0.3 is 0 Å².